The Bertz CT molecular complexity index is 946. The minimum Gasteiger partial charge on any atom is -0.458 e. The largest absolute Gasteiger partial charge is 0.458 e. The van der Waals surface area contributed by atoms with Crippen molar-refractivity contribution in [1.82, 2.24) is 5.32 Å². The number of aliphatic hydroxyl groups excluding tert-OH is 2. The molecule has 0 radical (unpaired) electrons. The maximum absolute atomic E-state index is 13.1. The minimum absolute atomic E-state index is 0.0299. The first-order chi connectivity index (χ1) is 28.0. The summed E-state index contributed by atoms with van der Waals surface area (Å²) in [6, 6.07) is -0.731. The predicted octanol–water partition coefficient (Wildman–Crippen LogP) is 14.5. The Kier molecular flexibility index (Phi) is 43.6. The van der Waals surface area contributed by atoms with Crippen LogP contribution in [0.3, 0.4) is 0 Å². The zero-order chi connectivity index (χ0) is 41.7. The van der Waals surface area contributed by atoms with Gasteiger partial charge in [0.15, 0.2) is 0 Å². The molecule has 0 saturated carbocycles. The van der Waals surface area contributed by atoms with Crippen molar-refractivity contribution in [2.45, 2.75) is 270 Å². The Morgan fingerprint density at radius 2 is 0.930 bits per heavy atom. The average molecular weight is 802 g/mol. The van der Waals surface area contributed by atoms with E-state index in [2.05, 4.69) is 50.4 Å². The molecule has 0 aliphatic rings. The molecular formula is C51H95NO5. The number of nitrogens with one attached hydrogen (secondary N) is 1. The molecule has 3 atom stereocenters. The van der Waals surface area contributed by atoms with Crippen molar-refractivity contribution in [3.8, 4) is 0 Å². The number of hydrogen-bond acceptors (Lipinski definition) is 5. The molecule has 0 aliphatic carbocycles. The van der Waals surface area contributed by atoms with Gasteiger partial charge in [-0.15, -0.1) is 0 Å². The van der Waals surface area contributed by atoms with E-state index >= 15 is 0 Å². The molecule has 334 valence electrons. The maximum Gasteiger partial charge on any atom is 0.306 e. The Hall–Kier alpha value is -1.92. The van der Waals surface area contributed by atoms with Crippen LogP contribution >= 0.6 is 0 Å². The first-order valence-corrected chi connectivity index (χ1v) is 24.7. The van der Waals surface area contributed by atoms with Crippen LogP contribution in [0.25, 0.3) is 0 Å². The number of carbonyl (C=O) groups is 2. The van der Waals surface area contributed by atoms with Crippen LogP contribution in [0.5, 0.6) is 0 Å². The van der Waals surface area contributed by atoms with Gasteiger partial charge in [0.2, 0.25) is 5.91 Å². The lowest BCUT2D eigenvalue weighted by Gasteiger charge is -2.23. The summed E-state index contributed by atoms with van der Waals surface area (Å²) in [7, 11) is 0. The molecule has 1 amide bonds. The predicted molar refractivity (Wildman–Crippen MR) is 246 cm³/mol. The number of esters is 1. The van der Waals surface area contributed by atoms with Gasteiger partial charge in [0.05, 0.1) is 25.2 Å². The highest BCUT2D eigenvalue weighted by molar-refractivity contribution is 5.78. The lowest BCUT2D eigenvalue weighted by atomic mass is 10.0. The van der Waals surface area contributed by atoms with E-state index in [4.69, 9.17) is 4.74 Å². The Morgan fingerprint density at radius 3 is 1.42 bits per heavy atom. The molecule has 0 bridgehead atoms. The van der Waals surface area contributed by atoms with Gasteiger partial charge in [0, 0.05) is 6.42 Å². The molecule has 0 saturated heterocycles. The zero-order valence-electron chi connectivity index (χ0n) is 38.0. The van der Waals surface area contributed by atoms with Gasteiger partial charge in [-0.05, 0) is 63.9 Å². The van der Waals surface area contributed by atoms with Crippen LogP contribution < -0.4 is 5.32 Å². The number of aliphatic hydroxyl groups is 2. The Balaban J connectivity index is 4.59. The number of allylic oxidation sites excluding steroid dienone is 5. The first-order valence-electron chi connectivity index (χ1n) is 24.7. The number of rotatable bonds is 44. The summed E-state index contributed by atoms with van der Waals surface area (Å²) in [5, 5.41) is 23.7. The second kappa shape index (κ2) is 45.2. The molecule has 0 aromatic rings. The van der Waals surface area contributed by atoms with Gasteiger partial charge in [-0.2, -0.15) is 0 Å². The summed E-state index contributed by atoms with van der Waals surface area (Å²) in [6.45, 7) is 6.42. The van der Waals surface area contributed by atoms with E-state index in [1.807, 2.05) is 12.2 Å². The van der Waals surface area contributed by atoms with Crippen molar-refractivity contribution < 1.29 is 24.5 Å². The first kappa shape index (κ1) is 55.1. The molecular weight excluding hydrogens is 707 g/mol. The fourth-order valence-electron chi connectivity index (χ4n) is 7.39. The van der Waals surface area contributed by atoms with Crippen LogP contribution in [0.1, 0.15) is 252 Å². The summed E-state index contributed by atoms with van der Waals surface area (Å²) < 4.78 is 5.80. The second-order valence-electron chi connectivity index (χ2n) is 16.9. The van der Waals surface area contributed by atoms with E-state index in [1.54, 1.807) is 0 Å². The third kappa shape index (κ3) is 40.6. The molecule has 3 N–H and O–H groups in total. The van der Waals surface area contributed by atoms with Gasteiger partial charge >= 0.3 is 5.97 Å². The monoisotopic (exact) mass is 802 g/mol. The molecule has 0 aromatic heterocycles. The topological polar surface area (TPSA) is 95.9 Å². The Morgan fingerprint density at radius 1 is 0.526 bits per heavy atom. The summed E-state index contributed by atoms with van der Waals surface area (Å²) in [5.41, 5.74) is 0. The van der Waals surface area contributed by atoms with E-state index < -0.39 is 18.2 Å². The van der Waals surface area contributed by atoms with Crippen LogP contribution in [0, 0.1) is 0 Å². The normalized spacial score (nSPS) is 13.6. The number of carbonyl (C=O) groups excluding carboxylic acids is 2. The summed E-state index contributed by atoms with van der Waals surface area (Å²) >= 11 is 0. The van der Waals surface area contributed by atoms with E-state index in [1.165, 1.54) is 154 Å². The van der Waals surface area contributed by atoms with E-state index in [-0.39, 0.29) is 24.9 Å². The third-order valence-corrected chi connectivity index (χ3v) is 11.2. The minimum atomic E-state index is -0.809. The van der Waals surface area contributed by atoms with Gasteiger partial charge in [-0.3, -0.25) is 9.59 Å². The lowest BCUT2D eigenvalue weighted by Crippen LogP contribution is -2.46. The highest BCUT2D eigenvalue weighted by atomic mass is 16.5. The quantitative estimate of drug-likeness (QED) is 0.0324. The molecule has 0 spiro atoms. The van der Waals surface area contributed by atoms with Crippen LogP contribution in [-0.2, 0) is 14.3 Å². The third-order valence-electron chi connectivity index (χ3n) is 11.2. The molecule has 6 heteroatoms. The number of hydrogen-bond donors (Lipinski definition) is 3. The smallest absolute Gasteiger partial charge is 0.306 e. The molecule has 0 heterocycles. The highest BCUT2D eigenvalue weighted by Gasteiger charge is 2.23. The van der Waals surface area contributed by atoms with E-state index in [0.717, 1.165) is 57.8 Å². The van der Waals surface area contributed by atoms with Crippen LogP contribution in [0.2, 0.25) is 0 Å². The number of ether oxygens (including phenoxy) is 1. The van der Waals surface area contributed by atoms with Crippen LogP contribution in [0.15, 0.2) is 36.5 Å². The van der Waals surface area contributed by atoms with Crippen molar-refractivity contribution in [3.63, 3.8) is 0 Å². The molecule has 0 aliphatic heterocycles. The maximum atomic E-state index is 13.1. The second-order valence-corrected chi connectivity index (χ2v) is 16.9. The number of unbranched alkanes of at least 4 members (excludes halogenated alkanes) is 28. The van der Waals surface area contributed by atoms with Crippen molar-refractivity contribution in [2.75, 3.05) is 6.61 Å². The lowest BCUT2D eigenvalue weighted by molar-refractivity contribution is -0.148. The van der Waals surface area contributed by atoms with Gasteiger partial charge in [0.25, 0.3) is 0 Å². The molecule has 57 heavy (non-hydrogen) atoms. The highest BCUT2D eigenvalue weighted by Crippen LogP contribution is 2.16. The van der Waals surface area contributed by atoms with Gasteiger partial charge < -0.3 is 20.3 Å². The standard InChI is InChI=1S/C51H95NO5/c1-4-7-10-13-16-19-22-24-25-26-28-31-34-37-40-43-49(54)48(46-53)52-50(55)45-47(42-39-36-33-30-27-21-18-15-12-9-6-3)57-51(56)44-41-38-35-32-29-23-20-17-14-11-8-5-2/h17,20,30,33,39,42,47-49,53-54H,4-16,18-19,21-29,31-32,34-38,40-41,43-46H2,1-3H3,(H,52,55)/b20-17-,33-30-,42-39+. The van der Waals surface area contributed by atoms with Crippen molar-refractivity contribution in [3.05, 3.63) is 36.5 Å². The van der Waals surface area contributed by atoms with Crippen molar-refractivity contribution in [2.24, 2.45) is 0 Å². The molecule has 0 aromatic carbocycles. The van der Waals surface area contributed by atoms with Gasteiger partial charge in [-0.1, -0.05) is 212 Å². The van der Waals surface area contributed by atoms with E-state index in [0.29, 0.717) is 12.8 Å². The summed E-state index contributed by atoms with van der Waals surface area (Å²) in [5.74, 6) is -0.608. The molecule has 0 rings (SSSR count). The van der Waals surface area contributed by atoms with Gasteiger partial charge in [-0.25, -0.2) is 0 Å². The average Bonchev–Trinajstić information content (AvgIpc) is 3.20. The molecule has 6 nitrogen and oxygen atoms in total. The summed E-state index contributed by atoms with van der Waals surface area (Å²) in [4.78, 5) is 26.0. The SMILES string of the molecule is CCCCC/C=C\CCCCCCCC(=O)OC(/C=C/C/C=C\CCCCCCCC)CC(=O)NC(CO)C(O)CCCCCCCCCCCCCCCCC. The van der Waals surface area contributed by atoms with Crippen molar-refractivity contribution >= 4 is 11.9 Å². The zero-order valence-corrected chi connectivity index (χ0v) is 38.0. The summed E-state index contributed by atoms with van der Waals surface area (Å²) in [6.07, 6.45) is 52.3. The van der Waals surface area contributed by atoms with Crippen molar-refractivity contribution in [1.29, 1.82) is 0 Å². The number of amides is 1. The van der Waals surface area contributed by atoms with E-state index in [9.17, 15) is 19.8 Å². The fraction of sp³-hybridized carbons (Fsp3) is 0.843. The van der Waals surface area contributed by atoms with Crippen LogP contribution in [-0.4, -0.2) is 46.9 Å². The Labute approximate surface area is 353 Å². The molecule has 0 fully saturated rings. The van der Waals surface area contributed by atoms with Crippen LogP contribution in [0.4, 0.5) is 0 Å². The fourth-order valence-corrected chi connectivity index (χ4v) is 7.39. The van der Waals surface area contributed by atoms with Gasteiger partial charge in [0.1, 0.15) is 6.10 Å². The molecule has 3 unspecified atom stereocenters.